The fourth-order valence-corrected chi connectivity index (χ4v) is 2.14. The topological polar surface area (TPSA) is 70.5 Å². The lowest BCUT2D eigenvalue weighted by atomic mass is 10.1. The summed E-state index contributed by atoms with van der Waals surface area (Å²) in [5, 5.41) is 9.66. The predicted molar refractivity (Wildman–Crippen MR) is 75.6 cm³/mol. The SMILES string of the molecule is CCCN(CC(=O)O)C(=O)c1ccnc2ccccc12. The fraction of sp³-hybridized carbons (Fsp3) is 0.267. The van der Waals surface area contributed by atoms with Gasteiger partial charge in [-0.05, 0) is 18.6 Å². The fourth-order valence-electron chi connectivity index (χ4n) is 2.14. The van der Waals surface area contributed by atoms with Crippen LogP contribution in [0, 0.1) is 0 Å². The summed E-state index contributed by atoms with van der Waals surface area (Å²) in [5.41, 5.74) is 1.22. The van der Waals surface area contributed by atoms with E-state index in [9.17, 15) is 9.59 Å². The quantitative estimate of drug-likeness (QED) is 0.905. The monoisotopic (exact) mass is 272 g/mol. The Labute approximate surface area is 116 Å². The van der Waals surface area contributed by atoms with Crippen molar-refractivity contribution in [2.75, 3.05) is 13.1 Å². The van der Waals surface area contributed by atoms with Crippen LogP contribution in [0.2, 0.25) is 0 Å². The lowest BCUT2D eigenvalue weighted by Crippen LogP contribution is -2.36. The first-order chi connectivity index (χ1) is 9.63. The predicted octanol–water partition coefficient (Wildman–Crippen LogP) is 2.17. The number of benzene rings is 1. The Morgan fingerprint density at radius 2 is 2.00 bits per heavy atom. The van der Waals surface area contributed by atoms with E-state index in [1.165, 1.54) is 4.90 Å². The zero-order valence-electron chi connectivity index (χ0n) is 11.2. The molecule has 104 valence electrons. The maximum atomic E-state index is 12.5. The summed E-state index contributed by atoms with van der Waals surface area (Å²) >= 11 is 0. The van der Waals surface area contributed by atoms with E-state index in [2.05, 4.69) is 4.98 Å². The first kappa shape index (κ1) is 14.0. The van der Waals surface area contributed by atoms with Crippen LogP contribution in [0.1, 0.15) is 23.7 Å². The van der Waals surface area contributed by atoms with E-state index < -0.39 is 5.97 Å². The molecular formula is C15H16N2O3. The average Bonchev–Trinajstić information content (AvgIpc) is 2.45. The van der Waals surface area contributed by atoms with Crippen molar-refractivity contribution in [2.24, 2.45) is 0 Å². The zero-order chi connectivity index (χ0) is 14.5. The molecule has 0 atom stereocenters. The highest BCUT2D eigenvalue weighted by molar-refractivity contribution is 6.06. The van der Waals surface area contributed by atoms with Gasteiger partial charge in [-0.2, -0.15) is 0 Å². The number of carbonyl (C=O) groups is 2. The lowest BCUT2D eigenvalue weighted by Gasteiger charge is -2.20. The molecule has 0 spiro atoms. The van der Waals surface area contributed by atoms with Crippen LogP contribution in [0.15, 0.2) is 36.5 Å². The Bertz CT molecular complexity index is 635. The minimum Gasteiger partial charge on any atom is -0.480 e. The van der Waals surface area contributed by atoms with Gasteiger partial charge in [0.1, 0.15) is 6.54 Å². The van der Waals surface area contributed by atoms with Gasteiger partial charge >= 0.3 is 5.97 Å². The minimum absolute atomic E-state index is 0.271. The van der Waals surface area contributed by atoms with Gasteiger partial charge in [-0.3, -0.25) is 14.6 Å². The van der Waals surface area contributed by atoms with Crippen molar-refractivity contribution in [3.8, 4) is 0 Å². The number of pyridine rings is 1. The number of carboxylic acids is 1. The van der Waals surface area contributed by atoms with E-state index in [1.54, 1.807) is 12.3 Å². The molecule has 1 amide bonds. The van der Waals surface area contributed by atoms with Crippen LogP contribution in [0.5, 0.6) is 0 Å². The van der Waals surface area contributed by atoms with Gasteiger partial charge in [0.15, 0.2) is 0 Å². The highest BCUT2D eigenvalue weighted by atomic mass is 16.4. The van der Waals surface area contributed by atoms with Gasteiger partial charge in [0.05, 0.1) is 11.1 Å². The molecule has 2 rings (SSSR count). The molecule has 0 fully saturated rings. The smallest absolute Gasteiger partial charge is 0.323 e. The van der Waals surface area contributed by atoms with E-state index >= 15 is 0 Å². The van der Waals surface area contributed by atoms with Gasteiger partial charge in [0, 0.05) is 18.1 Å². The van der Waals surface area contributed by atoms with Crippen LogP contribution < -0.4 is 0 Å². The van der Waals surface area contributed by atoms with Crippen LogP contribution in [-0.4, -0.2) is 40.0 Å². The van der Waals surface area contributed by atoms with Crippen LogP contribution in [0.25, 0.3) is 10.9 Å². The Morgan fingerprint density at radius 1 is 1.25 bits per heavy atom. The molecule has 0 aliphatic rings. The van der Waals surface area contributed by atoms with Gasteiger partial charge in [-0.1, -0.05) is 25.1 Å². The standard InChI is InChI=1S/C15H16N2O3/c1-2-9-17(10-14(18)19)15(20)12-7-8-16-13-6-4-3-5-11(12)13/h3-8H,2,9-10H2,1H3,(H,18,19). The summed E-state index contributed by atoms with van der Waals surface area (Å²) in [4.78, 5) is 29.0. The molecule has 1 aromatic carbocycles. The summed E-state index contributed by atoms with van der Waals surface area (Å²) in [6.45, 7) is 2.04. The van der Waals surface area contributed by atoms with Crippen LogP contribution in [0.3, 0.4) is 0 Å². The third-order valence-electron chi connectivity index (χ3n) is 2.99. The van der Waals surface area contributed by atoms with Gasteiger partial charge in [-0.15, -0.1) is 0 Å². The zero-order valence-corrected chi connectivity index (χ0v) is 11.2. The number of para-hydroxylation sites is 1. The van der Waals surface area contributed by atoms with Crippen molar-refractivity contribution >= 4 is 22.8 Å². The highest BCUT2D eigenvalue weighted by Crippen LogP contribution is 2.18. The molecule has 1 heterocycles. The van der Waals surface area contributed by atoms with Crippen LogP contribution in [0.4, 0.5) is 0 Å². The highest BCUT2D eigenvalue weighted by Gasteiger charge is 2.19. The van der Waals surface area contributed by atoms with Crippen LogP contribution >= 0.6 is 0 Å². The number of aliphatic carboxylic acids is 1. The number of aromatic nitrogens is 1. The Balaban J connectivity index is 2.40. The van der Waals surface area contributed by atoms with Crippen LogP contribution in [-0.2, 0) is 4.79 Å². The molecule has 0 aliphatic carbocycles. The molecule has 0 bridgehead atoms. The normalized spacial score (nSPS) is 10.4. The molecule has 1 N–H and O–H groups in total. The van der Waals surface area contributed by atoms with Gasteiger partial charge < -0.3 is 10.0 Å². The van der Waals surface area contributed by atoms with E-state index in [0.717, 1.165) is 10.9 Å². The molecule has 0 unspecified atom stereocenters. The average molecular weight is 272 g/mol. The Hall–Kier alpha value is -2.43. The maximum Gasteiger partial charge on any atom is 0.323 e. The van der Waals surface area contributed by atoms with Gasteiger partial charge in [0.2, 0.25) is 0 Å². The first-order valence-corrected chi connectivity index (χ1v) is 6.48. The van der Waals surface area contributed by atoms with E-state index in [4.69, 9.17) is 5.11 Å². The number of carbonyl (C=O) groups excluding carboxylic acids is 1. The summed E-state index contributed by atoms with van der Waals surface area (Å²) in [6, 6.07) is 8.97. The first-order valence-electron chi connectivity index (χ1n) is 6.48. The Morgan fingerprint density at radius 3 is 2.70 bits per heavy atom. The third-order valence-corrected chi connectivity index (χ3v) is 2.99. The number of carboxylic acid groups (broad SMARTS) is 1. The van der Waals surface area contributed by atoms with Crippen molar-refractivity contribution in [2.45, 2.75) is 13.3 Å². The van der Waals surface area contributed by atoms with E-state index in [1.807, 2.05) is 31.2 Å². The second kappa shape index (κ2) is 6.14. The van der Waals surface area contributed by atoms with E-state index in [0.29, 0.717) is 18.5 Å². The molecule has 20 heavy (non-hydrogen) atoms. The molecule has 5 heteroatoms. The maximum absolute atomic E-state index is 12.5. The molecule has 5 nitrogen and oxygen atoms in total. The molecule has 2 aromatic rings. The molecule has 0 radical (unpaired) electrons. The molecule has 0 saturated heterocycles. The summed E-state index contributed by atoms with van der Waals surface area (Å²) in [5.74, 6) is -1.28. The van der Waals surface area contributed by atoms with Crippen molar-refractivity contribution in [1.82, 2.24) is 9.88 Å². The summed E-state index contributed by atoms with van der Waals surface area (Å²) in [6.07, 6.45) is 2.28. The van der Waals surface area contributed by atoms with E-state index in [-0.39, 0.29) is 12.5 Å². The molecule has 0 saturated carbocycles. The van der Waals surface area contributed by atoms with Crippen molar-refractivity contribution < 1.29 is 14.7 Å². The number of fused-ring (bicyclic) bond motifs is 1. The Kier molecular flexibility index (Phi) is 4.30. The van der Waals surface area contributed by atoms with Crippen molar-refractivity contribution in [3.63, 3.8) is 0 Å². The number of amides is 1. The second-order valence-electron chi connectivity index (χ2n) is 4.50. The lowest BCUT2D eigenvalue weighted by molar-refractivity contribution is -0.137. The van der Waals surface area contributed by atoms with Gasteiger partial charge in [0.25, 0.3) is 5.91 Å². The van der Waals surface area contributed by atoms with Crippen molar-refractivity contribution in [1.29, 1.82) is 0 Å². The second-order valence-corrected chi connectivity index (χ2v) is 4.50. The largest absolute Gasteiger partial charge is 0.480 e. The molecule has 0 aliphatic heterocycles. The minimum atomic E-state index is -1.01. The summed E-state index contributed by atoms with van der Waals surface area (Å²) in [7, 11) is 0. The summed E-state index contributed by atoms with van der Waals surface area (Å²) < 4.78 is 0. The molecular weight excluding hydrogens is 256 g/mol. The number of hydrogen-bond acceptors (Lipinski definition) is 3. The van der Waals surface area contributed by atoms with Crippen molar-refractivity contribution in [3.05, 3.63) is 42.1 Å². The van der Waals surface area contributed by atoms with Gasteiger partial charge in [-0.25, -0.2) is 0 Å². The number of rotatable bonds is 5. The third kappa shape index (κ3) is 2.93. The molecule has 1 aromatic heterocycles. The number of nitrogens with zero attached hydrogens (tertiary/aromatic N) is 2. The number of hydrogen-bond donors (Lipinski definition) is 1.